The van der Waals surface area contributed by atoms with E-state index < -0.39 is 0 Å². The van der Waals surface area contributed by atoms with Crippen molar-refractivity contribution in [2.24, 2.45) is 51.8 Å². The lowest BCUT2D eigenvalue weighted by molar-refractivity contribution is -0.156. The van der Waals surface area contributed by atoms with Crippen LogP contribution in [-0.2, 0) is 14.3 Å². The molecule has 0 heterocycles. The van der Waals surface area contributed by atoms with Crippen molar-refractivity contribution in [2.75, 3.05) is 26.2 Å². The minimum atomic E-state index is -0.223. The number of carbonyl (C=O) groups is 2. The normalized spacial score (nSPS) is 44.4. The molecule has 0 N–H and O–H groups in total. The van der Waals surface area contributed by atoms with E-state index in [1.54, 1.807) is 14.2 Å². The number of hydrogen-bond donors (Lipinski definition) is 0. The minimum Gasteiger partial charge on any atom is -0.497 e. The molecule has 0 aromatic heterocycles. The lowest BCUT2D eigenvalue weighted by Gasteiger charge is -2.55. The lowest BCUT2D eigenvalue weighted by Crippen LogP contribution is -2.46. The number of fused-ring (bicyclic) bond motifs is 5. The summed E-state index contributed by atoms with van der Waals surface area (Å²) in [5.41, 5.74) is 1.42. The van der Waals surface area contributed by atoms with Crippen molar-refractivity contribution < 1.29 is 19.1 Å². The molecule has 0 saturated heterocycles. The van der Waals surface area contributed by atoms with Crippen LogP contribution in [0.25, 0.3) is 0 Å². The molecule has 1 aromatic rings. The maximum absolute atomic E-state index is 13.8. The first kappa shape index (κ1) is 25.0. The zero-order valence-electron chi connectivity index (χ0n) is 23.5. The first-order chi connectivity index (χ1) is 18.3. The topological polar surface area (TPSA) is 55.8 Å². The van der Waals surface area contributed by atoms with Crippen LogP contribution in [0.2, 0.25) is 0 Å². The molecule has 6 aliphatic rings. The number of hydrogen-bond acceptors (Lipinski definition) is 4. The van der Waals surface area contributed by atoms with Crippen LogP contribution >= 0.6 is 0 Å². The van der Waals surface area contributed by atoms with Gasteiger partial charge in [-0.05, 0) is 135 Å². The molecule has 0 spiro atoms. The van der Waals surface area contributed by atoms with Gasteiger partial charge in [0.05, 0.1) is 19.6 Å². The molecule has 5 nitrogen and oxygen atoms in total. The van der Waals surface area contributed by atoms with E-state index in [1.165, 1.54) is 57.8 Å². The summed E-state index contributed by atoms with van der Waals surface area (Å²) in [4.78, 5) is 29.0. The summed E-state index contributed by atoms with van der Waals surface area (Å²) in [5.74, 6) is 4.72. The lowest BCUT2D eigenvalue weighted by atomic mass is 9.50. The molecule has 206 valence electrons. The molecule has 9 atom stereocenters. The van der Waals surface area contributed by atoms with Gasteiger partial charge in [-0.3, -0.25) is 9.59 Å². The van der Waals surface area contributed by atoms with Gasteiger partial charge in [-0.15, -0.1) is 0 Å². The van der Waals surface area contributed by atoms with Gasteiger partial charge in [0, 0.05) is 18.7 Å². The summed E-state index contributed by atoms with van der Waals surface area (Å²) in [6, 6.07) is 7.86. The molecule has 6 fully saturated rings. The highest BCUT2D eigenvalue weighted by atomic mass is 16.5. The molecular formula is C33H45NO4. The quantitative estimate of drug-likeness (QED) is 0.409. The molecule has 7 rings (SSSR count). The second-order valence-electron chi connectivity index (χ2n) is 14.5. The number of methoxy groups -OCH3 is 2. The van der Waals surface area contributed by atoms with Crippen molar-refractivity contribution in [2.45, 2.75) is 83.5 Å². The number of nitrogens with zero attached hydrogens (tertiary/aromatic N) is 1. The van der Waals surface area contributed by atoms with E-state index in [4.69, 9.17) is 9.47 Å². The molecule has 0 aliphatic heterocycles. The zero-order valence-corrected chi connectivity index (χ0v) is 23.5. The number of rotatable bonds is 5. The van der Waals surface area contributed by atoms with Crippen LogP contribution in [0.3, 0.4) is 0 Å². The average molecular weight is 520 g/mol. The van der Waals surface area contributed by atoms with Crippen molar-refractivity contribution in [3.05, 3.63) is 24.3 Å². The van der Waals surface area contributed by atoms with E-state index in [1.807, 2.05) is 36.2 Å². The number of benzene rings is 1. The monoisotopic (exact) mass is 519 g/mol. The van der Waals surface area contributed by atoms with E-state index in [0.29, 0.717) is 28.6 Å². The van der Waals surface area contributed by atoms with Crippen LogP contribution < -0.4 is 9.64 Å². The van der Waals surface area contributed by atoms with Gasteiger partial charge in [-0.1, -0.05) is 12.8 Å². The molecule has 6 bridgehead atoms. The number of esters is 1. The Morgan fingerprint density at radius 3 is 2.34 bits per heavy atom. The largest absolute Gasteiger partial charge is 0.497 e. The summed E-state index contributed by atoms with van der Waals surface area (Å²) >= 11 is 0. The van der Waals surface area contributed by atoms with Crippen LogP contribution in [0, 0.1) is 51.8 Å². The van der Waals surface area contributed by atoms with Gasteiger partial charge in [0.1, 0.15) is 5.75 Å². The summed E-state index contributed by atoms with van der Waals surface area (Å²) < 4.78 is 10.8. The fourth-order valence-corrected chi connectivity index (χ4v) is 11.7. The Balaban J connectivity index is 1.14. The van der Waals surface area contributed by atoms with Crippen LogP contribution in [0.5, 0.6) is 5.75 Å². The summed E-state index contributed by atoms with van der Waals surface area (Å²) in [7, 11) is 5.23. The summed E-state index contributed by atoms with van der Waals surface area (Å²) in [6.45, 7) is 0. The zero-order chi connectivity index (χ0) is 26.3. The van der Waals surface area contributed by atoms with E-state index >= 15 is 0 Å². The smallest absolute Gasteiger partial charge is 0.312 e. The Labute approximate surface area is 228 Å². The highest BCUT2D eigenvalue weighted by Crippen LogP contribution is 2.78. The second kappa shape index (κ2) is 8.73. The Morgan fingerprint density at radius 1 is 0.868 bits per heavy atom. The van der Waals surface area contributed by atoms with Gasteiger partial charge in [0.15, 0.2) is 0 Å². The van der Waals surface area contributed by atoms with Crippen molar-refractivity contribution in [1.82, 2.24) is 0 Å². The van der Waals surface area contributed by atoms with Gasteiger partial charge >= 0.3 is 5.97 Å². The van der Waals surface area contributed by atoms with Crippen LogP contribution in [0.4, 0.5) is 5.69 Å². The second-order valence-corrected chi connectivity index (χ2v) is 14.5. The Kier molecular flexibility index (Phi) is 5.73. The number of ether oxygens (including phenoxy) is 2. The van der Waals surface area contributed by atoms with Gasteiger partial charge in [0.2, 0.25) is 5.91 Å². The van der Waals surface area contributed by atoms with Crippen molar-refractivity contribution in [1.29, 1.82) is 0 Å². The SMILES string of the molecule is COC(=O)C12CCCC3CC1CC(C14CC5CC(C(=O)N(C)c6ccc(OC)cc6)CC(C1)C(C5)C4)(C3)C2. The molecule has 6 saturated carbocycles. The van der Waals surface area contributed by atoms with Crippen molar-refractivity contribution >= 4 is 17.6 Å². The first-order valence-corrected chi connectivity index (χ1v) is 15.3. The highest BCUT2D eigenvalue weighted by molar-refractivity contribution is 5.94. The summed E-state index contributed by atoms with van der Waals surface area (Å²) in [5, 5.41) is 0. The third kappa shape index (κ3) is 3.48. The van der Waals surface area contributed by atoms with Gasteiger partial charge in [-0.25, -0.2) is 0 Å². The number of amides is 1. The first-order valence-electron chi connectivity index (χ1n) is 15.3. The number of anilines is 1. The Hall–Kier alpha value is -2.04. The van der Waals surface area contributed by atoms with Gasteiger partial charge < -0.3 is 14.4 Å². The van der Waals surface area contributed by atoms with E-state index in [9.17, 15) is 9.59 Å². The standard InChI is InChI=1S/C33H45NO4/c1-34(27-6-8-28(37-2)9-7-27)29(35)23-11-22-12-24-17-31(16-22,18-25(24)14-23)32-15-21-5-4-10-33(20-32,30(36)38-3)26(13-21)19-32/h6-9,21-26H,4-5,10-20H2,1-3H3. The van der Waals surface area contributed by atoms with E-state index in [-0.39, 0.29) is 23.2 Å². The Morgan fingerprint density at radius 2 is 1.61 bits per heavy atom. The number of carbonyl (C=O) groups excluding carboxylic acids is 2. The summed E-state index contributed by atoms with van der Waals surface area (Å²) in [6.07, 6.45) is 15.8. The van der Waals surface area contributed by atoms with E-state index in [2.05, 4.69) is 0 Å². The van der Waals surface area contributed by atoms with Crippen molar-refractivity contribution in [3.63, 3.8) is 0 Å². The van der Waals surface area contributed by atoms with Crippen LogP contribution in [-0.4, -0.2) is 33.1 Å². The highest BCUT2D eigenvalue weighted by Gasteiger charge is 2.71. The fourth-order valence-electron chi connectivity index (χ4n) is 11.7. The van der Waals surface area contributed by atoms with Gasteiger partial charge in [0.25, 0.3) is 0 Å². The molecule has 38 heavy (non-hydrogen) atoms. The fraction of sp³-hybridized carbons (Fsp3) is 0.758. The maximum atomic E-state index is 13.8. The average Bonchev–Trinajstić information content (AvgIpc) is 3.22. The van der Waals surface area contributed by atoms with Crippen LogP contribution in [0.15, 0.2) is 24.3 Å². The minimum absolute atomic E-state index is 0.0982. The molecule has 0 radical (unpaired) electrons. The van der Waals surface area contributed by atoms with E-state index in [0.717, 1.165) is 49.0 Å². The Bertz CT molecular complexity index is 1110. The van der Waals surface area contributed by atoms with Crippen molar-refractivity contribution in [3.8, 4) is 5.75 Å². The maximum Gasteiger partial charge on any atom is 0.312 e. The molecular weight excluding hydrogens is 474 g/mol. The molecule has 5 heteroatoms. The van der Waals surface area contributed by atoms with Gasteiger partial charge in [-0.2, -0.15) is 0 Å². The third-order valence-corrected chi connectivity index (χ3v) is 13.0. The predicted octanol–water partition coefficient (Wildman–Crippen LogP) is 6.64. The predicted molar refractivity (Wildman–Crippen MR) is 147 cm³/mol. The molecule has 1 aromatic carbocycles. The molecule has 9 unspecified atom stereocenters. The molecule has 1 amide bonds. The third-order valence-electron chi connectivity index (χ3n) is 13.0. The molecule has 6 aliphatic carbocycles. The van der Waals surface area contributed by atoms with Crippen LogP contribution in [0.1, 0.15) is 83.5 Å².